The van der Waals surface area contributed by atoms with Gasteiger partial charge in [0.15, 0.2) is 0 Å². The molecule has 5 heteroatoms. The molecule has 0 aliphatic rings. The summed E-state index contributed by atoms with van der Waals surface area (Å²) in [5.74, 6) is 0. The first-order valence-corrected chi connectivity index (χ1v) is 7.58. The second kappa shape index (κ2) is 8.02. The van der Waals surface area contributed by atoms with Gasteiger partial charge in [0.05, 0.1) is 24.1 Å². The molecule has 0 fully saturated rings. The fraction of sp³-hybridized carbons (Fsp3) is 0.250. The predicted molar refractivity (Wildman–Crippen MR) is 89.5 cm³/mol. The molecule has 0 heterocycles. The quantitative estimate of drug-likeness (QED) is 0.620. The first-order chi connectivity index (χ1) is 10.2. The summed E-state index contributed by atoms with van der Waals surface area (Å²) in [6.45, 7) is 0.764. The molecule has 21 heavy (non-hydrogen) atoms. The lowest BCUT2D eigenvalue weighted by Gasteiger charge is -2.16. The first-order valence-electron chi connectivity index (χ1n) is 6.79. The van der Waals surface area contributed by atoms with Crippen LogP contribution in [0, 0.1) is 0 Å². The van der Waals surface area contributed by atoms with E-state index in [4.69, 9.17) is 5.11 Å². The van der Waals surface area contributed by atoms with E-state index in [-0.39, 0.29) is 6.61 Å². The number of halogens is 1. The van der Waals surface area contributed by atoms with Crippen molar-refractivity contribution < 1.29 is 10.2 Å². The fourth-order valence-corrected chi connectivity index (χ4v) is 2.26. The van der Waals surface area contributed by atoms with Crippen LogP contribution in [0.25, 0.3) is 0 Å². The summed E-state index contributed by atoms with van der Waals surface area (Å²) in [5.41, 5.74) is 3.03. The Labute approximate surface area is 133 Å². The smallest absolute Gasteiger partial charge is 0.0942 e. The second-order valence-electron chi connectivity index (χ2n) is 4.75. The van der Waals surface area contributed by atoms with Gasteiger partial charge in [-0.05, 0) is 23.8 Å². The molecule has 112 valence electrons. The molecule has 0 spiro atoms. The summed E-state index contributed by atoms with van der Waals surface area (Å²) >= 11 is 3.44. The minimum Gasteiger partial charge on any atom is -0.394 e. The van der Waals surface area contributed by atoms with Crippen LogP contribution in [0.2, 0.25) is 0 Å². The molecule has 2 rings (SSSR count). The van der Waals surface area contributed by atoms with Crippen molar-refractivity contribution in [1.82, 2.24) is 0 Å². The van der Waals surface area contributed by atoms with E-state index in [2.05, 4.69) is 38.7 Å². The van der Waals surface area contributed by atoms with E-state index < -0.39 is 6.10 Å². The summed E-state index contributed by atoms with van der Waals surface area (Å²) in [7, 11) is 0. The van der Waals surface area contributed by atoms with Crippen molar-refractivity contribution in [2.75, 3.05) is 23.8 Å². The van der Waals surface area contributed by atoms with Gasteiger partial charge in [0, 0.05) is 17.6 Å². The molecular formula is C16H19BrN2O2. The summed E-state index contributed by atoms with van der Waals surface area (Å²) in [6.07, 6.45) is -0.772. The first kappa shape index (κ1) is 15.8. The van der Waals surface area contributed by atoms with Crippen molar-refractivity contribution >= 4 is 27.3 Å². The lowest BCUT2D eigenvalue weighted by Crippen LogP contribution is -2.23. The third-order valence-corrected chi connectivity index (χ3v) is 3.54. The maximum atomic E-state index is 9.44. The van der Waals surface area contributed by atoms with Crippen molar-refractivity contribution in [3.8, 4) is 0 Å². The molecule has 0 aromatic heterocycles. The van der Waals surface area contributed by atoms with Crippen LogP contribution in [0.15, 0.2) is 53.0 Å². The van der Waals surface area contributed by atoms with Gasteiger partial charge in [-0.15, -0.1) is 0 Å². The third-order valence-electron chi connectivity index (χ3n) is 3.05. The van der Waals surface area contributed by atoms with E-state index in [0.29, 0.717) is 6.54 Å². The van der Waals surface area contributed by atoms with Crippen molar-refractivity contribution in [3.63, 3.8) is 0 Å². The monoisotopic (exact) mass is 350 g/mol. The zero-order valence-corrected chi connectivity index (χ0v) is 13.2. The van der Waals surface area contributed by atoms with Gasteiger partial charge in [0.2, 0.25) is 0 Å². The Morgan fingerprint density at radius 2 is 1.76 bits per heavy atom. The van der Waals surface area contributed by atoms with E-state index in [1.807, 2.05) is 36.4 Å². The van der Waals surface area contributed by atoms with Crippen LogP contribution in [-0.2, 0) is 6.54 Å². The zero-order valence-electron chi connectivity index (χ0n) is 11.6. The van der Waals surface area contributed by atoms with E-state index in [1.165, 1.54) is 5.56 Å². The molecule has 0 radical (unpaired) electrons. The molecule has 2 aromatic rings. The van der Waals surface area contributed by atoms with Gasteiger partial charge in [0.1, 0.15) is 0 Å². The van der Waals surface area contributed by atoms with E-state index in [1.54, 1.807) is 0 Å². The average molecular weight is 351 g/mol. The Hall–Kier alpha value is -1.56. The van der Waals surface area contributed by atoms with Crippen molar-refractivity contribution in [2.24, 2.45) is 0 Å². The molecule has 0 bridgehead atoms. The largest absolute Gasteiger partial charge is 0.394 e. The lowest BCUT2D eigenvalue weighted by atomic mass is 10.2. The van der Waals surface area contributed by atoms with Crippen LogP contribution in [0.4, 0.5) is 11.4 Å². The van der Waals surface area contributed by atoms with Gasteiger partial charge in [-0.1, -0.05) is 46.3 Å². The highest BCUT2D eigenvalue weighted by Gasteiger charge is 2.06. The second-order valence-corrected chi connectivity index (χ2v) is 5.66. The highest BCUT2D eigenvalue weighted by atomic mass is 79.9. The predicted octanol–water partition coefficient (Wildman–Crippen LogP) is 2.83. The number of anilines is 2. The van der Waals surface area contributed by atoms with Crippen LogP contribution in [0.5, 0.6) is 0 Å². The van der Waals surface area contributed by atoms with Crippen LogP contribution in [0.1, 0.15) is 5.56 Å². The normalized spacial score (nSPS) is 12.0. The lowest BCUT2D eigenvalue weighted by molar-refractivity contribution is 0.105. The highest BCUT2D eigenvalue weighted by Crippen LogP contribution is 2.26. The molecule has 1 atom stereocenters. The van der Waals surface area contributed by atoms with Crippen LogP contribution in [0.3, 0.4) is 0 Å². The standard InChI is InChI=1S/C16H19BrN2O2/c17-13-6-7-15(16(8-13)19-10-14(21)11-20)18-9-12-4-2-1-3-5-12/h1-8,14,18-21H,9-11H2. The fourth-order valence-electron chi connectivity index (χ4n) is 1.90. The molecule has 0 saturated carbocycles. The topological polar surface area (TPSA) is 64.5 Å². The van der Waals surface area contributed by atoms with Crippen LogP contribution >= 0.6 is 15.9 Å². The number of hydrogen-bond donors (Lipinski definition) is 4. The number of hydrogen-bond acceptors (Lipinski definition) is 4. The minimum absolute atomic E-state index is 0.256. The van der Waals surface area contributed by atoms with Crippen molar-refractivity contribution in [2.45, 2.75) is 12.6 Å². The van der Waals surface area contributed by atoms with Crippen LogP contribution in [-0.4, -0.2) is 29.5 Å². The van der Waals surface area contributed by atoms with Crippen LogP contribution < -0.4 is 10.6 Å². The van der Waals surface area contributed by atoms with Gasteiger partial charge < -0.3 is 20.8 Å². The number of aliphatic hydroxyl groups excluding tert-OH is 2. The Bertz CT molecular complexity index is 563. The molecule has 0 aliphatic heterocycles. The molecule has 4 N–H and O–H groups in total. The maximum absolute atomic E-state index is 9.44. The zero-order chi connectivity index (χ0) is 15.1. The maximum Gasteiger partial charge on any atom is 0.0942 e. The molecular weight excluding hydrogens is 332 g/mol. The molecule has 2 aromatic carbocycles. The minimum atomic E-state index is -0.772. The highest BCUT2D eigenvalue weighted by molar-refractivity contribution is 9.10. The van der Waals surface area contributed by atoms with Crippen molar-refractivity contribution in [1.29, 1.82) is 0 Å². The van der Waals surface area contributed by atoms with E-state index in [0.717, 1.165) is 22.4 Å². The number of rotatable bonds is 7. The van der Waals surface area contributed by atoms with Gasteiger partial charge in [0.25, 0.3) is 0 Å². The average Bonchev–Trinajstić information content (AvgIpc) is 2.52. The number of benzene rings is 2. The van der Waals surface area contributed by atoms with Gasteiger partial charge in [-0.3, -0.25) is 0 Å². The van der Waals surface area contributed by atoms with Gasteiger partial charge in [-0.25, -0.2) is 0 Å². The Morgan fingerprint density at radius 1 is 1.00 bits per heavy atom. The molecule has 4 nitrogen and oxygen atoms in total. The Balaban J connectivity index is 2.04. The SMILES string of the molecule is OCC(O)CNc1cc(Br)ccc1NCc1ccccc1. The van der Waals surface area contributed by atoms with Crippen molar-refractivity contribution in [3.05, 3.63) is 58.6 Å². The number of nitrogens with one attached hydrogen (secondary N) is 2. The Morgan fingerprint density at radius 3 is 2.48 bits per heavy atom. The summed E-state index contributed by atoms with van der Waals surface area (Å²) in [6, 6.07) is 16.0. The summed E-state index contributed by atoms with van der Waals surface area (Å²) in [4.78, 5) is 0. The molecule has 1 unspecified atom stereocenters. The molecule has 0 saturated heterocycles. The van der Waals surface area contributed by atoms with Gasteiger partial charge in [-0.2, -0.15) is 0 Å². The van der Waals surface area contributed by atoms with E-state index >= 15 is 0 Å². The summed E-state index contributed by atoms with van der Waals surface area (Å²) in [5, 5.41) is 24.8. The molecule has 0 amide bonds. The third kappa shape index (κ3) is 5.04. The van der Waals surface area contributed by atoms with E-state index in [9.17, 15) is 5.11 Å². The summed E-state index contributed by atoms with van der Waals surface area (Å²) < 4.78 is 0.953. The number of aliphatic hydroxyl groups is 2. The molecule has 0 aliphatic carbocycles. The Kier molecular flexibility index (Phi) is 6.04. The van der Waals surface area contributed by atoms with Gasteiger partial charge >= 0.3 is 0 Å².